The Hall–Kier alpha value is -3.44. The Labute approximate surface area is 276 Å². The van der Waals surface area contributed by atoms with E-state index in [1.54, 1.807) is 0 Å². The van der Waals surface area contributed by atoms with Gasteiger partial charge in [-0.1, -0.05) is 94.4 Å². The maximum atomic E-state index is 6.05. The van der Waals surface area contributed by atoms with E-state index in [-0.39, 0.29) is 20.1 Å². The minimum absolute atomic E-state index is 0. The molecule has 0 N–H and O–H groups in total. The summed E-state index contributed by atoms with van der Waals surface area (Å²) >= 11 is 0. The number of fused-ring (bicyclic) bond motifs is 3. The van der Waals surface area contributed by atoms with Crippen molar-refractivity contribution in [3.05, 3.63) is 109 Å². The van der Waals surface area contributed by atoms with Crippen molar-refractivity contribution in [1.29, 1.82) is 0 Å². The van der Waals surface area contributed by atoms with Gasteiger partial charge in [0.05, 0.1) is 13.7 Å². The zero-order valence-corrected chi connectivity index (χ0v) is 30.1. The van der Waals surface area contributed by atoms with Crippen molar-refractivity contribution in [2.24, 2.45) is 11.8 Å². The summed E-state index contributed by atoms with van der Waals surface area (Å²) < 4.78 is 6.05. The van der Waals surface area contributed by atoms with Crippen LogP contribution in [0.15, 0.2) is 89.7 Å². The summed E-state index contributed by atoms with van der Waals surface area (Å²) in [7, 11) is -1.34. The van der Waals surface area contributed by atoms with Gasteiger partial charge >= 0.3 is 0 Å². The third-order valence-corrected chi connectivity index (χ3v) is 9.43. The van der Waals surface area contributed by atoms with Gasteiger partial charge in [0.1, 0.15) is 5.58 Å². The van der Waals surface area contributed by atoms with Crippen LogP contribution in [-0.2, 0) is 32.9 Å². The topological polar surface area (TPSA) is 51.8 Å². The molecule has 0 unspecified atom stereocenters. The fourth-order valence-electron chi connectivity index (χ4n) is 5.46. The molecule has 4 aromatic heterocycles. The molecule has 0 bridgehead atoms. The van der Waals surface area contributed by atoms with Gasteiger partial charge in [-0.05, 0) is 71.2 Å². The van der Waals surface area contributed by atoms with E-state index in [1.165, 1.54) is 16.3 Å². The molecular weight excluding hydrogens is 735 g/mol. The van der Waals surface area contributed by atoms with Crippen LogP contribution in [0.25, 0.3) is 44.5 Å². The van der Waals surface area contributed by atoms with Gasteiger partial charge in [0, 0.05) is 37.9 Å². The molecule has 0 aliphatic rings. The van der Waals surface area contributed by atoms with Crippen molar-refractivity contribution < 1.29 is 24.5 Å². The molecule has 0 saturated heterocycles. The molecule has 0 amide bonds. The van der Waals surface area contributed by atoms with Gasteiger partial charge in [-0.2, -0.15) is 0 Å². The summed E-state index contributed by atoms with van der Waals surface area (Å²) in [5, 5.41) is 3.57. The first-order chi connectivity index (χ1) is 20.6. The van der Waals surface area contributed by atoms with Crippen LogP contribution >= 0.6 is 0 Å². The molecule has 0 aliphatic heterocycles. The van der Waals surface area contributed by atoms with E-state index in [2.05, 4.69) is 111 Å². The van der Waals surface area contributed by atoms with Gasteiger partial charge in [0.2, 0.25) is 0 Å². The first-order valence-corrected chi connectivity index (χ1v) is 18.7. The Balaban J connectivity index is 0.000000199. The van der Waals surface area contributed by atoms with Crippen LogP contribution in [0, 0.1) is 24.1 Å². The second-order valence-corrected chi connectivity index (χ2v) is 18.1. The van der Waals surface area contributed by atoms with Gasteiger partial charge in [-0.25, -0.2) is 0 Å². The Bertz CT molecular complexity index is 1820. The molecule has 4 heterocycles. The molecular formula is C38H41IrN3OSi-2. The summed E-state index contributed by atoms with van der Waals surface area (Å²) in [6, 6.07) is 25.8. The average molecular weight is 776 g/mol. The number of para-hydroxylation sites is 1. The smallest absolute Gasteiger partial charge is 0.121 e. The van der Waals surface area contributed by atoms with Crippen molar-refractivity contribution >= 4 is 35.2 Å². The minimum Gasteiger partial charge on any atom is -0.500 e. The molecule has 44 heavy (non-hydrogen) atoms. The van der Waals surface area contributed by atoms with Crippen molar-refractivity contribution in [3.63, 3.8) is 0 Å². The molecule has 2 aromatic carbocycles. The number of aromatic nitrogens is 3. The SMILES string of the molecule is CC(C)Cc1cc(-c2[c-]cccc2)ncc1[Si](C)(C)C.CC(C)Cc1ccnc(-c2[c-]ncc3c2oc2ccccc23)c1.[Ir]. The Morgan fingerprint density at radius 3 is 2.25 bits per heavy atom. The maximum Gasteiger partial charge on any atom is 0.121 e. The summed E-state index contributed by atoms with van der Waals surface area (Å²) in [5.74, 6) is 1.27. The molecule has 6 rings (SSSR count). The third-order valence-electron chi connectivity index (χ3n) is 7.37. The molecule has 0 aliphatic carbocycles. The fourth-order valence-corrected chi connectivity index (χ4v) is 7.04. The number of hydrogen-bond donors (Lipinski definition) is 0. The number of hydrogen-bond acceptors (Lipinski definition) is 4. The van der Waals surface area contributed by atoms with Crippen LogP contribution in [0.3, 0.4) is 0 Å². The van der Waals surface area contributed by atoms with E-state index in [0.29, 0.717) is 11.8 Å². The predicted molar refractivity (Wildman–Crippen MR) is 182 cm³/mol. The minimum atomic E-state index is -1.34. The van der Waals surface area contributed by atoms with Crippen molar-refractivity contribution in [2.45, 2.75) is 60.2 Å². The van der Waals surface area contributed by atoms with E-state index in [0.717, 1.165) is 57.3 Å². The molecule has 0 spiro atoms. The second kappa shape index (κ2) is 14.6. The second-order valence-electron chi connectivity index (χ2n) is 13.1. The summed E-state index contributed by atoms with van der Waals surface area (Å²) in [6.45, 7) is 16.2. The molecule has 229 valence electrons. The van der Waals surface area contributed by atoms with Crippen molar-refractivity contribution in [2.75, 3.05) is 0 Å². The van der Waals surface area contributed by atoms with Crippen molar-refractivity contribution in [1.82, 2.24) is 15.0 Å². The molecule has 0 fully saturated rings. The molecule has 0 atom stereocenters. The zero-order valence-electron chi connectivity index (χ0n) is 26.7. The third kappa shape index (κ3) is 7.98. The van der Waals surface area contributed by atoms with E-state index in [9.17, 15) is 0 Å². The molecule has 6 heteroatoms. The van der Waals surface area contributed by atoms with Crippen LogP contribution in [0.1, 0.15) is 38.8 Å². The maximum absolute atomic E-state index is 6.05. The normalized spacial score (nSPS) is 11.5. The number of pyridine rings is 3. The Morgan fingerprint density at radius 1 is 0.795 bits per heavy atom. The summed E-state index contributed by atoms with van der Waals surface area (Å²) in [5.41, 5.74) is 8.22. The van der Waals surface area contributed by atoms with Crippen LogP contribution in [0.5, 0.6) is 0 Å². The largest absolute Gasteiger partial charge is 0.500 e. The first-order valence-electron chi connectivity index (χ1n) is 15.2. The molecule has 4 nitrogen and oxygen atoms in total. The van der Waals surface area contributed by atoms with Crippen LogP contribution in [-0.4, -0.2) is 23.0 Å². The zero-order chi connectivity index (χ0) is 30.6. The van der Waals surface area contributed by atoms with Crippen LogP contribution in [0.4, 0.5) is 0 Å². The predicted octanol–water partition coefficient (Wildman–Crippen LogP) is 9.33. The van der Waals surface area contributed by atoms with Crippen LogP contribution < -0.4 is 5.19 Å². The van der Waals surface area contributed by atoms with E-state index in [4.69, 9.17) is 4.42 Å². The summed E-state index contributed by atoms with van der Waals surface area (Å²) in [4.78, 5) is 13.5. The molecule has 1 radical (unpaired) electrons. The number of benzene rings is 2. The van der Waals surface area contributed by atoms with E-state index in [1.807, 2.05) is 48.8 Å². The average Bonchev–Trinajstić information content (AvgIpc) is 3.36. The van der Waals surface area contributed by atoms with Gasteiger partial charge in [0.25, 0.3) is 0 Å². The number of furan rings is 1. The number of rotatable bonds is 7. The summed E-state index contributed by atoms with van der Waals surface area (Å²) in [6.07, 6.45) is 11.0. The Kier molecular flexibility index (Phi) is 11.1. The van der Waals surface area contributed by atoms with Gasteiger partial charge in [0.15, 0.2) is 0 Å². The quantitative estimate of drug-likeness (QED) is 0.120. The van der Waals surface area contributed by atoms with Crippen molar-refractivity contribution in [3.8, 4) is 22.5 Å². The number of nitrogens with zero attached hydrogens (tertiary/aromatic N) is 3. The van der Waals surface area contributed by atoms with E-state index >= 15 is 0 Å². The monoisotopic (exact) mass is 776 g/mol. The fraction of sp³-hybridized carbons (Fsp3) is 0.289. The standard InChI is InChI=1S/C20H17N2O.C18H24NSi.Ir/c1-13(2)9-14-7-8-22-18(10-14)17-12-21-11-16-15-5-3-4-6-19(15)23-20(16)17;1-14(2)11-16-12-17(15-9-7-6-8-10-15)19-13-18(16)20(3,4)5;/h3-8,10-11,13H,9H2,1-2H3;6-9,12-14H,11H2,1-5H3;/q2*-1;. The first kappa shape index (κ1) is 33.4. The van der Waals surface area contributed by atoms with Gasteiger partial charge < -0.3 is 19.4 Å². The van der Waals surface area contributed by atoms with Gasteiger partial charge in [-0.3, -0.25) is 0 Å². The molecule has 0 saturated carbocycles. The van der Waals surface area contributed by atoms with E-state index < -0.39 is 8.07 Å². The Morgan fingerprint density at radius 2 is 1.55 bits per heavy atom. The van der Waals surface area contributed by atoms with Crippen LogP contribution in [0.2, 0.25) is 19.6 Å². The van der Waals surface area contributed by atoms with Gasteiger partial charge in [-0.15, -0.1) is 35.9 Å². The molecule has 6 aromatic rings.